The average Bonchev–Trinajstić information content (AvgIpc) is 3.43. The number of ether oxygens (including phenoxy) is 1. The van der Waals surface area contributed by atoms with Gasteiger partial charge in [0.25, 0.3) is 17.7 Å². The smallest absolute Gasteiger partial charge is 0.278 e. The van der Waals surface area contributed by atoms with E-state index in [1.807, 2.05) is 11.0 Å². The Hall–Kier alpha value is -3.14. The van der Waals surface area contributed by atoms with Crippen molar-refractivity contribution in [1.82, 2.24) is 14.9 Å². The van der Waals surface area contributed by atoms with Crippen LogP contribution in [0.15, 0.2) is 24.3 Å². The number of aromatic nitrogens is 1. The van der Waals surface area contributed by atoms with Gasteiger partial charge in [0, 0.05) is 30.3 Å². The van der Waals surface area contributed by atoms with Gasteiger partial charge in [-0.1, -0.05) is 0 Å². The molecular weight excluding hydrogens is 386 g/mol. The molecule has 4 heterocycles. The summed E-state index contributed by atoms with van der Waals surface area (Å²) in [6.45, 7) is 0.0275. The van der Waals surface area contributed by atoms with Crippen molar-refractivity contribution in [2.24, 2.45) is 0 Å². The van der Waals surface area contributed by atoms with Crippen LogP contribution >= 0.6 is 0 Å². The molecular formula is C19H18F2N4O4. The fourth-order valence-corrected chi connectivity index (χ4v) is 3.93. The zero-order valence-corrected chi connectivity index (χ0v) is 15.6. The SMILES string of the molecule is CON1Cc2cc(N3COc4cc(C(=O)N5CCC(F)(F)C5)[nH]c43)ccc2C1=O. The molecule has 0 bridgehead atoms. The minimum Gasteiger partial charge on any atom is -0.469 e. The highest BCUT2D eigenvalue weighted by molar-refractivity contribution is 5.98. The molecule has 3 aliphatic heterocycles. The van der Waals surface area contributed by atoms with E-state index in [2.05, 4.69) is 4.98 Å². The molecule has 2 amide bonds. The number of likely N-dealkylation sites (tertiary alicyclic amines) is 1. The predicted molar refractivity (Wildman–Crippen MR) is 97.2 cm³/mol. The van der Waals surface area contributed by atoms with Crippen molar-refractivity contribution in [1.29, 1.82) is 0 Å². The summed E-state index contributed by atoms with van der Waals surface area (Å²) < 4.78 is 32.5. The zero-order valence-electron chi connectivity index (χ0n) is 15.6. The quantitative estimate of drug-likeness (QED) is 0.851. The summed E-state index contributed by atoms with van der Waals surface area (Å²) in [4.78, 5) is 35.8. The number of carbonyl (C=O) groups is 2. The third-order valence-corrected chi connectivity index (χ3v) is 5.46. The largest absolute Gasteiger partial charge is 0.469 e. The van der Waals surface area contributed by atoms with Gasteiger partial charge in [-0.15, -0.1) is 0 Å². The highest BCUT2D eigenvalue weighted by Crippen LogP contribution is 2.41. The van der Waals surface area contributed by atoms with Crippen molar-refractivity contribution >= 4 is 23.3 Å². The monoisotopic (exact) mass is 404 g/mol. The Kier molecular flexibility index (Phi) is 3.82. The molecule has 1 N–H and O–H groups in total. The van der Waals surface area contributed by atoms with Gasteiger partial charge < -0.3 is 14.6 Å². The Labute approximate surface area is 164 Å². The van der Waals surface area contributed by atoms with Gasteiger partial charge in [-0.05, 0) is 23.8 Å². The molecule has 0 saturated carbocycles. The first-order valence-corrected chi connectivity index (χ1v) is 9.16. The molecule has 5 rings (SSSR count). The number of amides is 2. The summed E-state index contributed by atoms with van der Waals surface area (Å²) in [5, 5.41) is 1.28. The second-order valence-electron chi connectivity index (χ2n) is 7.30. The van der Waals surface area contributed by atoms with E-state index in [0.717, 1.165) is 16.2 Å². The Bertz CT molecular complexity index is 1020. The van der Waals surface area contributed by atoms with Gasteiger partial charge >= 0.3 is 0 Å². The summed E-state index contributed by atoms with van der Waals surface area (Å²) >= 11 is 0. The van der Waals surface area contributed by atoms with Crippen LogP contribution < -0.4 is 9.64 Å². The van der Waals surface area contributed by atoms with E-state index >= 15 is 0 Å². The number of anilines is 2. The molecule has 1 fully saturated rings. The lowest BCUT2D eigenvalue weighted by Gasteiger charge is -2.18. The van der Waals surface area contributed by atoms with E-state index in [1.54, 1.807) is 12.1 Å². The number of carbonyl (C=O) groups excluding carboxylic acids is 2. The van der Waals surface area contributed by atoms with Gasteiger partial charge in [0.05, 0.1) is 20.2 Å². The number of fused-ring (bicyclic) bond motifs is 2. The van der Waals surface area contributed by atoms with Gasteiger partial charge in [-0.3, -0.25) is 19.3 Å². The zero-order chi connectivity index (χ0) is 20.3. The number of nitrogens with one attached hydrogen (secondary N) is 1. The molecule has 3 aliphatic rings. The second kappa shape index (κ2) is 6.18. The Balaban J connectivity index is 1.40. The molecule has 29 heavy (non-hydrogen) atoms. The fraction of sp³-hybridized carbons (Fsp3) is 0.368. The maximum Gasteiger partial charge on any atom is 0.278 e. The summed E-state index contributed by atoms with van der Waals surface area (Å²) in [6, 6.07) is 6.93. The molecule has 0 atom stereocenters. The molecule has 1 saturated heterocycles. The minimum atomic E-state index is -2.84. The number of aromatic amines is 1. The molecule has 1 aromatic carbocycles. The van der Waals surface area contributed by atoms with Crippen LogP contribution in [0.3, 0.4) is 0 Å². The predicted octanol–water partition coefficient (Wildman–Crippen LogP) is 2.50. The summed E-state index contributed by atoms with van der Waals surface area (Å²) in [5.74, 6) is -2.45. The summed E-state index contributed by atoms with van der Waals surface area (Å²) in [5.41, 5.74) is 2.39. The van der Waals surface area contributed by atoms with Gasteiger partial charge in [0.2, 0.25) is 0 Å². The normalized spacial score (nSPS) is 19.6. The van der Waals surface area contributed by atoms with Crippen molar-refractivity contribution in [2.45, 2.75) is 18.9 Å². The topological polar surface area (TPSA) is 78.1 Å². The van der Waals surface area contributed by atoms with Crippen LogP contribution in [0.25, 0.3) is 0 Å². The van der Waals surface area contributed by atoms with Crippen LogP contribution in [0.5, 0.6) is 5.75 Å². The highest BCUT2D eigenvalue weighted by atomic mass is 19.3. The third-order valence-electron chi connectivity index (χ3n) is 5.46. The van der Waals surface area contributed by atoms with Crippen molar-refractivity contribution in [3.05, 3.63) is 41.1 Å². The number of halogens is 2. The number of H-pyrrole nitrogens is 1. The number of hydrogen-bond donors (Lipinski definition) is 1. The van der Waals surface area contributed by atoms with E-state index in [1.165, 1.54) is 18.2 Å². The summed E-state index contributed by atoms with van der Waals surface area (Å²) in [7, 11) is 1.44. The fourth-order valence-electron chi connectivity index (χ4n) is 3.93. The molecule has 8 nitrogen and oxygen atoms in total. The first-order chi connectivity index (χ1) is 13.9. The van der Waals surface area contributed by atoms with Crippen molar-refractivity contribution in [3.8, 4) is 5.75 Å². The van der Waals surface area contributed by atoms with E-state index < -0.39 is 18.4 Å². The molecule has 2 aromatic rings. The number of alkyl halides is 2. The Morgan fingerprint density at radius 2 is 2.14 bits per heavy atom. The molecule has 152 valence electrons. The lowest BCUT2D eigenvalue weighted by Crippen LogP contribution is -2.31. The van der Waals surface area contributed by atoms with Crippen LogP contribution in [-0.4, -0.2) is 59.6 Å². The van der Waals surface area contributed by atoms with E-state index in [0.29, 0.717) is 23.7 Å². The van der Waals surface area contributed by atoms with Crippen LogP contribution in [0, 0.1) is 0 Å². The van der Waals surface area contributed by atoms with E-state index in [9.17, 15) is 18.4 Å². The number of benzene rings is 1. The Morgan fingerprint density at radius 1 is 1.31 bits per heavy atom. The first kappa shape index (κ1) is 17.9. The average molecular weight is 404 g/mol. The maximum absolute atomic E-state index is 13.4. The standard InChI is InChI=1S/C19H18F2N4O4/c1-28-25-8-11-6-12(2-3-13(11)17(25)26)24-10-29-15-7-14(22-16(15)24)18(27)23-5-4-19(20,21)9-23/h2-3,6-7,22H,4-5,8-10H2,1H3. The molecule has 0 aliphatic carbocycles. The maximum atomic E-state index is 13.4. The number of hydroxylamine groups is 2. The van der Waals surface area contributed by atoms with Crippen molar-refractivity contribution < 1.29 is 27.9 Å². The van der Waals surface area contributed by atoms with Crippen LogP contribution in [0.1, 0.15) is 32.8 Å². The molecule has 0 radical (unpaired) electrons. The summed E-state index contributed by atoms with van der Waals surface area (Å²) in [6.07, 6.45) is -0.325. The molecule has 10 heteroatoms. The first-order valence-electron chi connectivity index (χ1n) is 9.16. The van der Waals surface area contributed by atoms with Crippen LogP contribution in [-0.2, 0) is 11.4 Å². The third kappa shape index (κ3) is 2.82. The van der Waals surface area contributed by atoms with Gasteiger partial charge in [-0.2, -0.15) is 0 Å². The van der Waals surface area contributed by atoms with Gasteiger partial charge in [-0.25, -0.2) is 13.8 Å². The molecule has 0 unspecified atom stereocenters. The number of hydrogen-bond acceptors (Lipinski definition) is 5. The number of rotatable bonds is 3. The highest BCUT2D eigenvalue weighted by Gasteiger charge is 2.41. The lowest BCUT2D eigenvalue weighted by atomic mass is 10.1. The Morgan fingerprint density at radius 3 is 2.86 bits per heavy atom. The molecule has 0 spiro atoms. The van der Waals surface area contributed by atoms with Crippen LogP contribution in [0.2, 0.25) is 0 Å². The second-order valence-corrected chi connectivity index (χ2v) is 7.30. The van der Waals surface area contributed by atoms with Gasteiger partial charge in [0.1, 0.15) is 5.69 Å². The minimum absolute atomic E-state index is 0.0228. The van der Waals surface area contributed by atoms with E-state index in [-0.39, 0.29) is 31.3 Å². The van der Waals surface area contributed by atoms with Crippen LogP contribution in [0.4, 0.5) is 20.3 Å². The van der Waals surface area contributed by atoms with Gasteiger partial charge in [0.15, 0.2) is 18.3 Å². The molecule has 1 aromatic heterocycles. The van der Waals surface area contributed by atoms with Crippen molar-refractivity contribution in [3.63, 3.8) is 0 Å². The number of nitrogens with zero attached hydrogens (tertiary/aromatic N) is 3. The van der Waals surface area contributed by atoms with E-state index in [4.69, 9.17) is 9.57 Å². The lowest BCUT2D eigenvalue weighted by molar-refractivity contribution is -0.0956. The van der Waals surface area contributed by atoms with Crippen molar-refractivity contribution in [2.75, 3.05) is 31.8 Å².